The van der Waals surface area contributed by atoms with E-state index in [9.17, 15) is 0 Å². The Bertz CT molecular complexity index is 371. The van der Waals surface area contributed by atoms with Crippen molar-refractivity contribution in [3.63, 3.8) is 0 Å². The van der Waals surface area contributed by atoms with Crippen LogP contribution in [-0.4, -0.2) is 4.98 Å². The third kappa shape index (κ3) is 2.20. The smallest absolute Gasteiger partial charge is 0.230 e. The molecule has 0 fully saturated rings. The van der Waals surface area contributed by atoms with E-state index in [0.29, 0.717) is 10.9 Å². The van der Waals surface area contributed by atoms with Gasteiger partial charge in [-0.2, -0.15) is 0 Å². The van der Waals surface area contributed by atoms with E-state index >= 15 is 0 Å². The molecule has 0 bridgehead atoms. The first-order chi connectivity index (χ1) is 6.34. The number of halogens is 1. The molecule has 0 amide bonds. The number of thiazole rings is 1. The summed E-state index contributed by atoms with van der Waals surface area (Å²) in [4.78, 5) is 4.00. The van der Waals surface area contributed by atoms with E-state index in [1.54, 1.807) is 17.6 Å². The second-order valence-corrected chi connectivity index (χ2v) is 3.54. The van der Waals surface area contributed by atoms with Crippen molar-refractivity contribution in [2.75, 3.05) is 0 Å². The standard InChI is InChI=1S/C9H6ClNOS/c10-7-1-3-8(4-2-7)12-9-5-13-6-11-9/h1-6H. The first-order valence-corrected chi connectivity index (χ1v) is 4.98. The SMILES string of the molecule is Clc1ccc(Oc2cscn2)cc1. The summed E-state index contributed by atoms with van der Waals surface area (Å²) >= 11 is 7.22. The van der Waals surface area contributed by atoms with Crippen LogP contribution in [0.15, 0.2) is 35.2 Å². The van der Waals surface area contributed by atoms with Crippen LogP contribution in [0.25, 0.3) is 0 Å². The average molecular weight is 212 g/mol. The summed E-state index contributed by atoms with van der Waals surface area (Å²) in [5.74, 6) is 1.36. The Morgan fingerprint density at radius 3 is 2.62 bits per heavy atom. The molecule has 2 nitrogen and oxygen atoms in total. The van der Waals surface area contributed by atoms with Gasteiger partial charge in [-0.05, 0) is 24.3 Å². The van der Waals surface area contributed by atoms with Crippen LogP contribution in [0, 0.1) is 0 Å². The molecular formula is C9H6ClNOS. The van der Waals surface area contributed by atoms with Gasteiger partial charge >= 0.3 is 0 Å². The molecule has 0 atom stereocenters. The van der Waals surface area contributed by atoms with Gasteiger partial charge in [0.25, 0.3) is 0 Å². The number of aromatic nitrogens is 1. The zero-order valence-corrected chi connectivity index (χ0v) is 8.18. The van der Waals surface area contributed by atoms with Crippen LogP contribution < -0.4 is 4.74 Å². The van der Waals surface area contributed by atoms with Crippen molar-refractivity contribution in [2.45, 2.75) is 0 Å². The van der Waals surface area contributed by atoms with Crippen molar-refractivity contribution in [3.8, 4) is 11.6 Å². The highest BCUT2D eigenvalue weighted by Gasteiger charge is 1.97. The molecule has 0 aliphatic heterocycles. The number of rotatable bonds is 2. The molecule has 0 aliphatic carbocycles. The average Bonchev–Trinajstić information content (AvgIpc) is 2.62. The first kappa shape index (κ1) is 8.53. The Morgan fingerprint density at radius 1 is 1.23 bits per heavy atom. The molecule has 13 heavy (non-hydrogen) atoms. The topological polar surface area (TPSA) is 22.1 Å². The Hall–Kier alpha value is -1.06. The minimum absolute atomic E-state index is 0.618. The lowest BCUT2D eigenvalue weighted by molar-refractivity contribution is 0.466. The van der Waals surface area contributed by atoms with Crippen molar-refractivity contribution in [2.24, 2.45) is 0 Å². The zero-order chi connectivity index (χ0) is 9.10. The molecule has 0 saturated carbocycles. The van der Waals surface area contributed by atoms with Gasteiger partial charge in [-0.1, -0.05) is 11.6 Å². The Labute approximate surface area is 84.8 Å². The van der Waals surface area contributed by atoms with E-state index in [2.05, 4.69) is 4.98 Å². The monoisotopic (exact) mass is 211 g/mol. The normalized spacial score (nSPS) is 9.92. The maximum Gasteiger partial charge on any atom is 0.230 e. The van der Waals surface area contributed by atoms with Gasteiger partial charge in [-0.3, -0.25) is 0 Å². The molecule has 0 unspecified atom stereocenters. The van der Waals surface area contributed by atoms with Gasteiger partial charge in [0, 0.05) is 5.02 Å². The summed E-state index contributed by atoms with van der Waals surface area (Å²) in [6.07, 6.45) is 0. The Morgan fingerprint density at radius 2 is 2.00 bits per heavy atom. The fourth-order valence-electron chi connectivity index (χ4n) is 0.875. The third-order valence-electron chi connectivity index (χ3n) is 1.45. The van der Waals surface area contributed by atoms with Gasteiger partial charge in [0.1, 0.15) is 5.75 Å². The third-order valence-corrected chi connectivity index (χ3v) is 2.26. The minimum atomic E-state index is 0.618. The molecule has 4 heteroatoms. The fraction of sp³-hybridized carbons (Fsp3) is 0. The summed E-state index contributed by atoms with van der Waals surface area (Å²) < 4.78 is 5.41. The molecule has 2 rings (SSSR count). The van der Waals surface area contributed by atoms with Crippen LogP contribution >= 0.6 is 22.9 Å². The highest BCUT2D eigenvalue weighted by Crippen LogP contribution is 2.22. The van der Waals surface area contributed by atoms with E-state index in [-0.39, 0.29) is 0 Å². The second-order valence-electron chi connectivity index (χ2n) is 2.38. The van der Waals surface area contributed by atoms with E-state index in [1.807, 2.05) is 17.5 Å². The molecule has 66 valence electrons. The van der Waals surface area contributed by atoms with Crippen LogP contribution in [0.3, 0.4) is 0 Å². The quantitative estimate of drug-likeness (QED) is 0.758. The molecule has 0 saturated heterocycles. The maximum atomic E-state index is 5.72. The number of nitrogens with zero attached hydrogens (tertiary/aromatic N) is 1. The van der Waals surface area contributed by atoms with E-state index in [0.717, 1.165) is 5.75 Å². The molecule has 1 aromatic carbocycles. The lowest BCUT2D eigenvalue weighted by Crippen LogP contribution is -1.82. The van der Waals surface area contributed by atoms with Gasteiger partial charge < -0.3 is 4.74 Å². The van der Waals surface area contributed by atoms with Gasteiger partial charge in [0.05, 0.1) is 10.9 Å². The lowest BCUT2D eigenvalue weighted by Gasteiger charge is -2.00. The summed E-state index contributed by atoms with van der Waals surface area (Å²) in [7, 11) is 0. The van der Waals surface area contributed by atoms with Crippen molar-refractivity contribution in [3.05, 3.63) is 40.2 Å². The zero-order valence-electron chi connectivity index (χ0n) is 6.61. The fourth-order valence-corrected chi connectivity index (χ4v) is 1.45. The summed E-state index contributed by atoms with van der Waals surface area (Å²) in [5.41, 5.74) is 1.73. The largest absolute Gasteiger partial charge is 0.438 e. The van der Waals surface area contributed by atoms with E-state index in [1.165, 1.54) is 11.3 Å². The number of benzene rings is 1. The van der Waals surface area contributed by atoms with Crippen LogP contribution in [-0.2, 0) is 0 Å². The molecular weight excluding hydrogens is 206 g/mol. The highest BCUT2D eigenvalue weighted by atomic mass is 35.5. The van der Waals surface area contributed by atoms with Crippen molar-refractivity contribution >= 4 is 22.9 Å². The molecule has 1 heterocycles. The van der Waals surface area contributed by atoms with Crippen molar-refractivity contribution < 1.29 is 4.74 Å². The maximum absolute atomic E-state index is 5.72. The van der Waals surface area contributed by atoms with Gasteiger partial charge in [-0.15, -0.1) is 11.3 Å². The Balaban J connectivity index is 2.15. The number of hydrogen-bond acceptors (Lipinski definition) is 3. The van der Waals surface area contributed by atoms with Crippen LogP contribution in [0.5, 0.6) is 11.6 Å². The second kappa shape index (κ2) is 3.77. The molecule has 0 aliphatic rings. The first-order valence-electron chi connectivity index (χ1n) is 3.66. The molecule has 0 N–H and O–H groups in total. The van der Waals surface area contributed by atoms with E-state index < -0.39 is 0 Å². The van der Waals surface area contributed by atoms with Gasteiger partial charge in [-0.25, -0.2) is 4.98 Å². The van der Waals surface area contributed by atoms with Gasteiger partial charge in [0.15, 0.2) is 0 Å². The number of ether oxygens (including phenoxy) is 1. The van der Waals surface area contributed by atoms with Crippen LogP contribution in [0.4, 0.5) is 0 Å². The van der Waals surface area contributed by atoms with Crippen LogP contribution in [0.2, 0.25) is 5.02 Å². The minimum Gasteiger partial charge on any atom is -0.438 e. The molecule has 2 aromatic rings. The predicted molar refractivity (Wildman–Crippen MR) is 53.6 cm³/mol. The van der Waals surface area contributed by atoms with Crippen molar-refractivity contribution in [1.82, 2.24) is 4.98 Å². The predicted octanol–water partition coefficient (Wildman–Crippen LogP) is 3.59. The number of hydrogen-bond donors (Lipinski definition) is 0. The molecule has 0 radical (unpaired) electrons. The summed E-state index contributed by atoms with van der Waals surface area (Å²) in [5, 5.41) is 2.54. The van der Waals surface area contributed by atoms with E-state index in [4.69, 9.17) is 16.3 Å². The Kier molecular flexibility index (Phi) is 2.47. The molecule has 1 aromatic heterocycles. The highest BCUT2D eigenvalue weighted by molar-refractivity contribution is 7.07. The van der Waals surface area contributed by atoms with Gasteiger partial charge in [0.2, 0.25) is 5.88 Å². The van der Waals surface area contributed by atoms with Crippen molar-refractivity contribution in [1.29, 1.82) is 0 Å². The molecule has 0 spiro atoms. The summed E-state index contributed by atoms with van der Waals surface area (Å²) in [6, 6.07) is 7.18. The van der Waals surface area contributed by atoms with Crippen LogP contribution in [0.1, 0.15) is 0 Å². The summed E-state index contributed by atoms with van der Waals surface area (Å²) in [6.45, 7) is 0. The lowest BCUT2D eigenvalue weighted by atomic mass is 10.3.